The average Bonchev–Trinajstić information content (AvgIpc) is 3.93. The smallest absolute Gasteiger partial charge is 0.329 e. The molecule has 12 fully saturated rings. The number of nitrogens with zero attached hydrogens (tertiary/aromatic N) is 13. The Morgan fingerprint density at radius 1 is 0.375 bits per heavy atom. The minimum absolute atomic E-state index is 0.0656. The summed E-state index contributed by atoms with van der Waals surface area (Å²) in [5.74, 6) is -1.91. The van der Waals surface area contributed by atoms with Crippen LogP contribution in [0, 0.1) is 0 Å². The van der Waals surface area contributed by atoms with E-state index in [4.69, 9.17) is 28.4 Å². The van der Waals surface area contributed by atoms with Crippen molar-refractivity contribution < 1.29 is 62.3 Å². The summed E-state index contributed by atoms with van der Waals surface area (Å²) in [6.45, 7) is 6.17. The number of rotatable bonds is 15. The van der Waals surface area contributed by atoms with Gasteiger partial charge in [0.2, 0.25) is 0 Å². The van der Waals surface area contributed by atoms with Gasteiger partial charge >= 0.3 is 36.2 Å². The number of carbonyl (C=O) groups is 6. The molecule has 12 saturated heterocycles. The molecule has 0 aromatic heterocycles. The van der Waals surface area contributed by atoms with Crippen LogP contribution in [0.1, 0.15) is 71.6 Å². The Kier molecular flexibility index (Phi) is 8.72. The van der Waals surface area contributed by atoms with Crippen molar-refractivity contribution in [2.45, 2.75) is 106 Å². The fourth-order valence-electron chi connectivity index (χ4n) is 13.6. The first-order valence-corrected chi connectivity index (χ1v) is 22.3. The molecule has 12 aliphatic rings. The zero-order chi connectivity index (χ0) is 44.2. The number of carbonyl (C=O) groups excluding carboxylic acids is 6. The molecule has 26 nitrogen and oxygen atoms in total. The van der Waals surface area contributed by atoms with Gasteiger partial charge in [-0.3, -0.25) is 58.8 Å². The Balaban J connectivity index is 0.758. The zero-order valence-electron chi connectivity index (χ0n) is 36.1. The lowest BCUT2D eigenvalue weighted by Gasteiger charge is -2.50. The number of urea groups is 6. The van der Waals surface area contributed by atoms with Crippen LogP contribution in [0.2, 0.25) is 0 Å². The van der Waals surface area contributed by atoms with E-state index in [1.54, 1.807) is 39.2 Å². The summed E-state index contributed by atoms with van der Waals surface area (Å²) in [4.78, 5) is 103. The van der Waals surface area contributed by atoms with E-state index >= 15 is 0 Å². The van der Waals surface area contributed by atoms with Crippen molar-refractivity contribution in [3.05, 3.63) is 0 Å². The summed E-state index contributed by atoms with van der Waals surface area (Å²) in [7, 11) is 0. The summed E-state index contributed by atoms with van der Waals surface area (Å²) >= 11 is 0. The third-order valence-corrected chi connectivity index (χ3v) is 16.8. The van der Waals surface area contributed by atoms with Crippen LogP contribution in [0.4, 0.5) is 28.8 Å². The van der Waals surface area contributed by atoms with E-state index in [0.29, 0.717) is 64.6 Å². The van der Waals surface area contributed by atoms with Gasteiger partial charge in [-0.25, -0.2) is 28.8 Å². The molecule has 0 aliphatic carbocycles. The Morgan fingerprint density at radius 2 is 0.609 bits per heavy atom. The molecule has 0 unspecified atom stereocenters. The van der Waals surface area contributed by atoms with Crippen molar-refractivity contribution in [2.24, 2.45) is 0 Å². The average molecular weight is 902 g/mol. The van der Waals surface area contributed by atoms with Crippen LogP contribution in [-0.4, -0.2) is 240 Å². The van der Waals surface area contributed by atoms with Gasteiger partial charge in [-0.05, 0) is 91.3 Å². The minimum Gasteiger partial charge on any atom is -0.350 e. The molecular weight excluding hydrogens is 846 g/mol. The third-order valence-electron chi connectivity index (χ3n) is 16.8. The van der Waals surface area contributed by atoms with Gasteiger partial charge in [0, 0.05) is 0 Å². The lowest BCUT2D eigenvalue weighted by molar-refractivity contribution is -0.292. The van der Waals surface area contributed by atoms with Crippen LogP contribution in [0.5, 0.6) is 0 Å². The predicted molar refractivity (Wildman–Crippen MR) is 207 cm³/mol. The minimum atomic E-state index is -1.91. The second kappa shape index (κ2) is 13.7. The predicted octanol–water partition coefficient (Wildman–Crippen LogP) is 0.0635. The zero-order valence-corrected chi connectivity index (χ0v) is 36.1. The number of unbranched alkanes of at least 4 members (excludes halogenated alkanes) is 3. The van der Waals surface area contributed by atoms with Crippen molar-refractivity contribution in [1.82, 2.24) is 63.7 Å². The van der Waals surface area contributed by atoms with Crippen molar-refractivity contribution in [2.75, 3.05) is 100 Å². The van der Waals surface area contributed by atoms with Crippen molar-refractivity contribution >= 4 is 36.2 Å². The van der Waals surface area contributed by atoms with Gasteiger partial charge in [0.1, 0.15) is 80.8 Å². The van der Waals surface area contributed by atoms with E-state index in [1.165, 1.54) is 19.6 Å². The highest BCUT2D eigenvalue weighted by molar-refractivity contribution is 5.90. The van der Waals surface area contributed by atoms with Gasteiger partial charge in [0.05, 0.1) is 0 Å². The van der Waals surface area contributed by atoms with E-state index in [2.05, 4.69) is 4.90 Å². The summed E-state index contributed by atoms with van der Waals surface area (Å²) in [5, 5.41) is 12.3. The quantitative estimate of drug-likeness (QED) is 0.215. The van der Waals surface area contributed by atoms with Gasteiger partial charge in [0.25, 0.3) is 5.85 Å². The summed E-state index contributed by atoms with van der Waals surface area (Å²) < 4.78 is 34.1. The fraction of sp³-hybridized carbons (Fsp3) is 0.842. The monoisotopic (exact) mass is 901 g/mol. The number of amides is 12. The van der Waals surface area contributed by atoms with E-state index in [-0.39, 0.29) is 105 Å². The molecule has 350 valence electrons. The summed E-state index contributed by atoms with van der Waals surface area (Å²) in [5.41, 5.74) is -5.04. The second-order valence-corrected chi connectivity index (χ2v) is 18.9. The standard InChI is InChI=1S/C38H55N13O13/c1-33-35(44-19-61-20-45(35)28(53)41(33)16-59-15-40(33)27(44)52)9-3-6-12-39(13-7-4-10-36-34(2)42-17-60-18-43(34)30(55)47(36)22-62-21-46(36)29(42)54)14-8-5-11-37-38(58)50-25-64-26-51(38)32(57)49(37)24-63-23-48(37)31(50)56/h58H,3-26H2,1-2H3/t33-,34-,35+,36+,37-,38-. The molecular formula is C38H55N13O13. The molecule has 12 amide bonds. The number of hydrogen-bond acceptors (Lipinski definition) is 14. The number of ether oxygens (including phenoxy) is 6. The van der Waals surface area contributed by atoms with Gasteiger partial charge < -0.3 is 38.4 Å². The largest absolute Gasteiger partial charge is 0.350 e. The molecule has 12 rings (SSSR count). The van der Waals surface area contributed by atoms with Crippen LogP contribution >= 0.6 is 0 Å². The molecule has 0 spiro atoms. The molecule has 0 radical (unpaired) electrons. The lowest BCUT2D eigenvalue weighted by atomic mass is 9.87. The Hall–Kier alpha value is -4.70. The second-order valence-electron chi connectivity index (χ2n) is 18.9. The maximum Gasteiger partial charge on any atom is 0.329 e. The Labute approximate surface area is 367 Å². The highest BCUT2D eigenvalue weighted by Crippen LogP contribution is 2.58. The van der Waals surface area contributed by atoms with E-state index in [9.17, 15) is 33.9 Å². The van der Waals surface area contributed by atoms with E-state index in [1.807, 2.05) is 13.8 Å². The van der Waals surface area contributed by atoms with Crippen LogP contribution in [-0.2, 0) is 28.4 Å². The third kappa shape index (κ3) is 4.44. The van der Waals surface area contributed by atoms with Crippen LogP contribution in [0.15, 0.2) is 0 Å². The van der Waals surface area contributed by atoms with Crippen molar-refractivity contribution in [1.29, 1.82) is 0 Å². The highest BCUT2D eigenvalue weighted by atomic mass is 16.6. The molecule has 0 bridgehead atoms. The Bertz CT molecular complexity index is 1750. The molecule has 64 heavy (non-hydrogen) atoms. The summed E-state index contributed by atoms with van der Waals surface area (Å²) in [6, 6.07) is -1.83. The molecule has 0 aromatic rings. The molecule has 0 atom stereocenters. The van der Waals surface area contributed by atoms with Crippen LogP contribution in [0.3, 0.4) is 0 Å². The Morgan fingerprint density at radius 3 is 0.922 bits per heavy atom. The normalized spacial score (nSPS) is 37.9. The number of aliphatic hydroxyl groups is 1. The van der Waals surface area contributed by atoms with Gasteiger partial charge in [-0.15, -0.1) is 0 Å². The first-order chi connectivity index (χ1) is 30.9. The summed E-state index contributed by atoms with van der Waals surface area (Å²) in [6.07, 6.45) is 5.53. The maximum absolute atomic E-state index is 13.8. The van der Waals surface area contributed by atoms with Crippen LogP contribution in [0.25, 0.3) is 0 Å². The van der Waals surface area contributed by atoms with Gasteiger partial charge in [-0.2, -0.15) is 0 Å². The highest BCUT2D eigenvalue weighted by Gasteiger charge is 2.82. The molecule has 0 saturated carbocycles. The first-order valence-electron chi connectivity index (χ1n) is 22.3. The molecule has 0 aromatic carbocycles. The van der Waals surface area contributed by atoms with Gasteiger partial charge in [0.15, 0.2) is 28.3 Å². The molecule has 12 aliphatic heterocycles. The maximum atomic E-state index is 13.8. The SMILES string of the molecule is C[C@]12N3COCN1C(=O)N1COCN(C3=O)[C@]12CCCCN(CCCC[C@]12N3COCN1C(=O)N1COCN(C3=O)[C@]12C)CCCC[C@]12N3COCN1C(=O)N1COCN(C3=O)[C@]12O. The lowest BCUT2D eigenvalue weighted by Crippen LogP contribution is -2.71. The first kappa shape index (κ1) is 40.8. The van der Waals surface area contributed by atoms with Crippen LogP contribution < -0.4 is 0 Å². The van der Waals surface area contributed by atoms with Gasteiger partial charge in [-0.1, -0.05) is 0 Å². The van der Waals surface area contributed by atoms with E-state index < -0.39 is 46.2 Å². The fourth-order valence-corrected chi connectivity index (χ4v) is 13.6. The molecule has 26 heteroatoms. The van der Waals surface area contributed by atoms with Crippen molar-refractivity contribution in [3.63, 3.8) is 0 Å². The van der Waals surface area contributed by atoms with Crippen molar-refractivity contribution in [3.8, 4) is 0 Å². The topological polar surface area (TPSA) is 220 Å². The molecule has 1 N–H and O–H groups in total. The number of hydrogen-bond donors (Lipinski definition) is 1. The molecule has 12 heterocycles. The van der Waals surface area contributed by atoms with E-state index in [0.717, 1.165) is 12.8 Å².